The Bertz CT molecular complexity index is 802. The lowest BCUT2D eigenvalue weighted by Crippen LogP contribution is -2.14. The number of nitrogens with zero attached hydrogens (tertiary/aromatic N) is 1. The van der Waals surface area contributed by atoms with E-state index in [0.717, 1.165) is 16.8 Å². The first-order valence-electron chi connectivity index (χ1n) is 7.02. The molecule has 2 aromatic carbocycles. The van der Waals surface area contributed by atoms with Crippen LogP contribution < -0.4 is 5.32 Å². The Morgan fingerprint density at radius 1 is 1.14 bits per heavy atom. The Balaban J connectivity index is 1.75. The Hall–Kier alpha value is -2.55. The molecule has 3 rings (SSSR count). The van der Waals surface area contributed by atoms with Gasteiger partial charge < -0.3 is 9.88 Å². The number of anilines is 1. The number of hydrogen-bond donors (Lipinski definition) is 1. The van der Waals surface area contributed by atoms with Crippen LogP contribution in [-0.2, 0) is 18.3 Å². The molecule has 1 N–H and O–H groups in total. The molecule has 0 aliphatic rings. The van der Waals surface area contributed by atoms with Gasteiger partial charge in [0.15, 0.2) is 0 Å². The number of fused-ring (bicyclic) bond motifs is 1. The Morgan fingerprint density at radius 3 is 2.81 bits per heavy atom. The molecule has 1 heterocycles. The number of benzene rings is 2. The van der Waals surface area contributed by atoms with Gasteiger partial charge in [0.25, 0.3) is 0 Å². The van der Waals surface area contributed by atoms with Crippen LogP contribution in [0.1, 0.15) is 11.1 Å². The number of nitrogens with one attached hydrogen (secondary N) is 1. The Kier molecular flexibility index (Phi) is 3.48. The summed E-state index contributed by atoms with van der Waals surface area (Å²) in [5.74, 6) is 0.00848. The van der Waals surface area contributed by atoms with E-state index in [0.29, 0.717) is 6.42 Å². The monoisotopic (exact) mass is 278 g/mol. The van der Waals surface area contributed by atoms with Crippen molar-refractivity contribution in [2.75, 3.05) is 5.32 Å². The molecule has 3 nitrogen and oxygen atoms in total. The van der Waals surface area contributed by atoms with Crippen molar-refractivity contribution in [2.45, 2.75) is 13.3 Å². The lowest BCUT2D eigenvalue weighted by molar-refractivity contribution is -0.115. The highest BCUT2D eigenvalue weighted by molar-refractivity contribution is 5.94. The van der Waals surface area contributed by atoms with Crippen molar-refractivity contribution >= 4 is 22.5 Å². The van der Waals surface area contributed by atoms with E-state index in [-0.39, 0.29) is 5.91 Å². The average Bonchev–Trinajstić information content (AvgIpc) is 2.80. The first kappa shape index (κ1) is 13.4. The number of aromatic nitrogens is 1. The molecule has 0 unspecified atom stereocenters. The fourth-order valence-electron chi connectivity index (χ4n) is 2.55. The summed E-state index contributed by atoms with van der Waals surface area (Å²) >= 11 is 0. The first-order valence-corrected chi connectivity index (χ1v) is 7.02. The molecule has 0 spiro atoms. The van der Waals surface area contributed by atoms with Crippen LogP contribution >= 0.6 is 0 Å². The molecule has 0 fully saturated rings. The summed E-state index contributed by atoms with van der Waals surface area (Å²) in [5, 5.41) is 4.14. The van der Waals surface area contributed by atoms with Gasteiger partial charge in [-0.15, -0.1) is 0 Å². The van der Waals surface area contributed by atoms with Crippen LogP contribution in [0.5, 0.6) is 0 Å². The summed E-state index contributed by atoms with van der Waals surface area (Å²) in [5.41, 5.74) is 4.16. The zero-order valence-corrected chi connectivity index (χ0v) is 12.3. The molecule has 1 amide bonds. The number of aryl methyl sites for hydroxylation is 2. The molecule has 1 aromatic heterocycles. The summed E-state index contributed by atoms with van der Waals surface area (Å²) in [6, 6.07) is 16.1. The topological polar surface area (TPSA) is 34.0 Å². The molecular weight excluding hydrogens is 260 g/mol. The minimum absolute atomic E-state index is 0.00848. The lowest BCUT2D eigenvalue weighted by Gasteiger charge is -2.07. The van der Waals surface area contributed by atoms with Crippen molar-refractivity contribution in [2.24, 2.45) is 7.05 Å². The Labute approximate surface area is 124 Å². The molecule has 0 atom stereocenters. The van der Waals surface area contributed by atoms with Gasteiger partial charge in [0.2, 0.25) is 5.91 Å². The van der Waals surface area contributed by atoms with Gasteiger partial charge in [-0.05, 0) is 36.1 Å². The molecule has 0 bridgehead atoms. The van der Waals surface area contributed by atoms with E-state index in [1.807, 2.05) is 67.2 Å². The summed E-state index contributed by atoms with van der Waals surface area (Å²) in [6.07, 6.45) is 2.41. The van der Waals surface area contributed by atoms with E-state index < -0.39 is 0 Å². The van der Waals surface area contributed by atoms with Crippen molar-refractivity contribution in [1.82, 2.24) is 4.57 Å². The first-order chi connectivity index (χ1) is 10.1. The lowest BCUT2D eigenvalue weighted by atomic mass is 10.1. The quantitative estimate of drug-likeness (QED) is 0.779. The van der Waals surface area contributed by atoms with Gasteiger partial charge in [0.05, 0.1) is 6.42 Å². The van der Waals surface area contributed by atoms with Crippen molar-refractivity contribution in [3.05, 3.63) is 65.9 Å². The molecule has 3 heteroatoms. The van der Waals surface area contributed by atoms with Crippen molar-refractivity contribution in [3.8, 4) is 0 Å². The predicted octanol–water partition coefficient (Wildman–Crippen LogP) is 3.67. The van der Waals surface area contributed by atoms with Crippen molar-refractivity contribution in [1.29, 1.82) is 0 Å². The number of hydrogen-bond acceptors (Lipinski definition) is 1. The van der Waals surface area contributed by atoms with Crippen LogP contribution in [0.3, 0.4) is 0 Å². The van der Waals surface area contributed by atoms with E-state index in [1.165, 1.54) is 10.9 Å². The average molecular weight is 278 g/mol. The summed E-state index contributed by atoms with van der Waals surface area (Å²) in [4.78, 5) is 12.1. The van der Waals surface area contributed by atoms with Gasteiger partial charge in [-0.2, -0.15) is 0 Å². The van der Waals surface area contributed by atoms with Gasteiger partial charge >= 0.3 is 0 Å². The molecule has 0 radical (unpaired) electrons. The summed E-state index contributed by atoms with van der Waals surface area (Å²) in [6.45, 7) is 2.03. The van der Waals surface area contributed by atoms with Crippen LogP contribution in [0.4, 0.5) is 5.69 Å². The predicted molar refractivity (Wildman–Crippen MR) is 86.4 cm³/mol. The molecule has 0 saturated heterocycles. The maximum absolute atomic E-state index is 12.1. The van der Waals surface area contributed by atoms with Crippen molar-refractivity contribution in [3.63, 3.8) is 0 Å². The fraction of sp³-hybridized carbons (Fsp3) is 0.167. The second-order valence-electron chi connectivity index (χ2n) is 5.41. The SMILES string of the molecule is Cc1cccc(CC(=O)Nc2ccc3ccn(C)c3c2)c1. The van der Waals surface area contributed by atoms with Gasteiger partial charge in [0.1, 0.15) is 0 Å². The second kappa shape index (κ2) is 5.44. The summed E-state index contributed by atoms with van der Waals surface area (Å²) < 4.78 is 2.05. The third kappa shape index (κ3) is 2.97. The van der Waals surface area contributed by atoms with E-state index in [2.05, 4.69) is 11.4 Å². The zero-order valence-electron chi connectivity index (χ0n) is 12.3. The molecule has 0 saturated carbocycles. The van der Waals surface area contributed by atoms with E-state index in [4.69, 9.17) is 0 Å². The smallest absolute Gasteiger partial charge is 0.228 e. The van der Waals surface area contributed by atoms with Gasteiger partial charge in [-0.25, -0.2) is 0 Å². The molecule has 3 aromatic rings. The molecule has 0 aliphatic heterocycles. The van der Waals surface area contributed by atoms with Crippen LogP contribution in [0, 0.1) is 6.92 Å². The maximum Gasteiger partial charge on any atom is 0.228 e. The van der Waals surface area contributed by atoms with E-state index >= 15 is 0 Å². The molecule has 106 valence electrons. The Morgan fingerprint density at radius 2 is 2.00 bits per heavy atom. The maximum atomic E-state index is 12.1. The van der Waals surface area contributed by atoms with Crippen LogP contribution in [0.2, 0.25) is 0 Å². The van der Waals surface area contributed by atoms with E-state index in [1.54, 1.807) is 0 Å². The minimum atomic E-state index is 0.00848. The highest BCUT2D eigenvalue weighted by atomic mass is 16.1. The molecule has 0 aliphatic carbocycles. The number of carbonyl (C=O) groups excluding carboxylic acids is 1. The third-order valence-electron chi connectivity index (χ3n) is 3.62. The highest BCUT2D eigenvalue weighted by Crippen LogP contribution is 2.19. The van der Waals surface area contributed by atoms with E-state index in [9.17, 15) is 4.79 Å². The molecule has 21 heavy (non-hydrogen) atoms. The number of carbonyl (C=O) groups is 1. The minimum Gasteiger partial charge on any atom is -0.350 e. The summed E-state index contributed by atoms with van der Waals surface area (Å²) in [7, 11) is 2.00. The van der Waals surface area contributed by atoms with Gasteiger partial charge in [-0.1, -0.05) is 35.9 Å². The largest absolute Gasteiger partial charge is 0.350 e. The van der Waals surface area contributed by atoms with Crippen molar-refractivity contribution < 1.29 is 4.79 Å². The van der Waals surface area contributed by atoms with Crippen LogP contribution in [0.15, 0.2) is 54.7 Å². The number of rotatable bonds is 3. The van der Waals surface area contributed by atoms with Crippen LogP contribution in [0.25, 0.3) is 10.9 Å². The third-order valence-corrected chi connectivity index (χ3v) is 3.62. The zero-order chi connectivity index (χ0) is 14.8. The fourth-order valence-corrected chi connectivity index (χ4v) is 2.55. The second-order valence-corrected chi connectivity index (χ2v) is 5.41. The molecular formula is C18H18N2O. The highest BCUT2D eigenvalue weighted by Gasteiger charge is 2.06. The van der Waals surface area contributed by atoms with Crippen LogP contribution in [-0.4, -0.2) is 10.5 Å². The van der Waals surface area contributed by atoms with Gasteiger partial charge in [-0.3, -0.25) is 4.79 Å². The standard InChI is InChI=1S/C18H18N2O/c1-13-4-3-5-14(10-13)11-18(21)19-16-7-6-15-8-9-20(2)17(15)12-16/h3-10,12H,11H2,1-2H3,(H,19,21). The normalized spacial score (nSPS) is 10.8. The number of amides is 1. The van der Waals surface area contributed by atoms with Gasteiger partial charge in [0, 0.05) is 24.4 Å².